The molecule has 0 saturated carbocycles. The first kappa shape index (κ1) is 26.5. The van der Waals surface area contributed by atoms with Crippen molar-refractivity contribution < 1.29 is 23.8 Å². The van der Waals surface area contributed by atoms with Crippen LogP contribution in [-0.4, -0.2) is 43.3 Å². The SMILES string of the molecule is CCOCCCNC(=O)C(c1ccc(C)cc1)N(Cc1ccc2c(c1)OCO2)C(=O)c1ccccc1Cl. The van der Waals surface area contributed by atoms with Gasteiger partial charge < -0.3 is 24.4 Å². The molecule has 1 aliphatic heterocycles. The van der Waals surface area contributed by atoms with Gasteiger partial charge in [-0.05, 0) is 55.7 Å². The van der Waals surface area contributed by atoms with E-state index in [9.17, 15) is 9.59 Å². The van der Waals surface area contributed by atoms with Crippen molar-refractivity contribution >= 4 is 23.4 Å². The Kier molecular flexibility index (Phi) is 9.04. The van der Waals surface area contributed by atoms with Gasteiger partial charge in [-0.25, -0.2) is 0 Å². The quantitative estimate of drug-likeness (QED) is 0.346. The Morgan fingerprint density at radius 3 is 2.57 bits per heavy atom. The number of hydrogen-bond donors (Lipinski definition) is 1. The van der Waals surface area contributed by atoms with Crippen LogP contribution in [-0.2, 0) is 16.1 Å². The maximum Gasteiger partial charge on any atom is 0.256 e. The molecule has 3 aromatic carbocycles. The summed E-state index contributed by atoms with van der Waals surface area (Å²) in [4.78, 5) is 29.2. The monoisotopic (exact) mass is 522 g/mol. The fraction of sp³-hybridized carbons (Fsp3) is 0.310. The molecule has 1 aliphatic rings. The Morgan fingerprint density at radius 2 is 1.81 bits per heavy atom. The number of nitrogens with zero attached hydrogens (tertiary/aromatic N) is 1. The molecule has 8 heteroatoms. The van der Waals surface area contributed by atoms with E-state index >= 15 is 0 Å². The number of hydrogen-bond acceptors (Lipinski definition) is 5. The summed E-state index contributed by atoms with van der Waals surface area (Å²) in [7, 11) is 0. The molecular formula is C29H31ClN2O5. The maximum absolute atomic E-state index is 14.0. The molecule has 1 N–H and O–H groups in total. The lowest BCUT2D eigenvalue weighted by Gasteiger charge is -2.32. The Hall–Kier alpha value is -3.55. The molecule has 4 rings (SSSR count). The van der Waals surface area contributed by atoms with Gasteiger partial charge >= 0.3 is 0 Å². The zero-order chi connectivity index (χ0) is 26.2. The van der Waals surface area contributed by atoms with Crippen molar-refractivity contribution in [2.45, 2.75) is 32.9 Å². The summed E-state index contributed by atoms with van der Waals surface area (Å²) in [5, 5.41) is 3.32. The minimum atomic E-state index is -0.887. The predicted octanol–water partition coefficient (Wildman–Crippen LogP) is 5.30. The molecule has 0 aliphatic carbocycles. The number of amides is 2. The highest BCUT2D eigenvalue weighted by atomic mass is 35.5. The molecule has 37 heavy (non-hydrogen) atoms. The number of carbonyl (C=O) groups is 2. The lowest BCUT2D eigenvalue weighted by Crippen LogP contribution is -2.44. The van der Waals surface area contributed by atoms with Crippen molar-refractivity contribution in [3.05, 3.63) is 94.0 Å². The van der Waals surface area contributed by atoms with Gasteiger partial charge in [-0.15, -0.1) is 0 Å². The normalized spacial score (nSPS) is 12.7. The first-order chi connectivity index (χ1) is 18.0. The first-order valence-electron chi connectivity index (χ1n) is 12.3. The molecule has 0 fully saturated rings. The van der Waals surface area contributed by atoms with Gasteiger partial charge in [0.25, 0.3) is 5.91 Å². The second kappa shape index (κ2) is 12.6. The number of halogens is 1. The highest BCUT2D eigenvalue weighted by Crippen LogP contribution is 2.34. The zero-order valence-electron chi connectivity index (χ0n) is 21.0. The third-order valence-electron chi connectivity index (χ3n) is 6.08. The minimum absolute atomic E-state index is 0.150. The molecule has 0 saturated heterocycles. The van der Waals surface area contributed by atoms with E-state index in [4.69, 9.17) is 25.8 Å². The highest BCUT2D eigenvalue weighted by molar-refractivity contribution is 6.33. The van der Waals surface area contributed by atoms with Gasteiger partial charge in [-0.2, -0.15) is 0 Å². The Balaban J connectivity index is 1.71. The number of carbonyl (C=O) groups excluding carboxylic acids is 2. The second-order valence-corrected chi connectivity index (χ2v) is 9.16. The molecule has 1 heterocycles. The fourth-order valence-electron chi connectivity index (χ4n) is 4.15. The van der Waals surface area contributed by atoms with Crippen LogP contribution >= 0.6 is 11.6 Å². The fourth-order valence-corrected chi connectivity index (χ4v) is 4.37. The van der Waals surface area contributed by atoms with Crippen molar-refractivity contribution in [1.29, 1.82) is 0 Å². The van der Waals surface area contributed by atoms with Crippen molar-refractivity contribution in [2.75, 3.05) is 26.6 Å². The molecular weight excluding hydrogens is 492 g/mol. The summed E-state index contributed by atoms with van der Waals surface area (Å²) in [6.07, 6.45) is 0.667. The van der Waals surface area contributed by atoms with Crippen molar-refractivity contribution in [1.82, 2.24) is 10.2 Å². The van der Waals surface area contributed by atoms with Crippen LogP contribution in [0, 0.1) is 6.92 Å². The number of benzene rings is 3. The average molecular weight is 523 g/mol. The Labute approximate surface area is 222 Å². The maximum atomic E-state index is 14.0. The molecule has 2 amide bonds. The zero-order valence-corrected chi connectivity index (χ0v) is 21.8. The van der Waals surface area contributed by atoms with Crippen molar-refractivity contribution in [3.63, 3.8) is 0 Å². The van der Waals surface area contributed by atoms with Crippen LogP contribution in [0.25, 0.3) is 0 Å². The van der Waals surface area contributed by atoms with Gasteiger partial charge in [0, 0.05) is 26.3 Å². The van der Waals surface area contributed by atoms with Crippen LogP contribution in [0.2, 0.25) is 5.02 Å². The molecule has 0 bridgehead atoms. The van der Waals surface area contributed by atoms with Crippen LogP contribution in [0.1, 0.15) is 46.4 Å². The smallest absolute Gasteiger partial charge is 0.256 e. The van der Waals surface area contributed by atoms with Gasteiger partial charge in [0.15, 0.2) is 11.5 Å². The summed E-state index contributed by atoms with van der Waals surface area (Å²) in [5.41, 5.74) is 2.88. The van der Waals surface area contributed by atoms with E-state index in [0.717, 1.165) is 11.1 Å². The van der Waals surface area contributed by atoms with Crippen LogP contribution in [0.4, 0.5) is 0 Å². The lowest BCUT2D eigenvalue weighted by atomic mass is 10.00. The van der Waals surface area contributed by atoms with Crippen LogP contribution < -0.4 is 14.8 Å². The van der Waals surface area contributed by atoms with Crippen LogP contribution in [0.15, 0.2) is 66.7 Å². The van der Waals surface area contributed by atoms with Gasteiger partial charge in [-0.3, -0.25) is 9.59 Å². The summed E-state index contributed by atoms with van der Waals surface area (Å²) in [6, 6.07) is 19.1. The summed E-state index contributed by atoms with van der Waals surface area (Å²) in [6.45, 7) is 5.81. The number of fused-ring (bicyclic) bond motifs is 1. The summed E-state index contributed by atoms with van der Waals surface area (Å²) < 4.78 is 16.4. The van der Waals surface area contributed by atoms with Crippen LogP contribution in [0.3, 0.4) is 0 Å². The van der Waals surface area contributed by atoms with Gasteiger partial charge in [0.05, 0.1) is 10.6 Å². The molecule has 3 aromatic rings. The minimum Gasteiger partial charge on any atom is -0.454 e. The van der Waals surface area contributed by atoms with Crippen molar-refractivity contribution in [3.8, 4) is 11.5 Å². The van der Waals surface area contributed by atoms with Gasteiger partial charge in [-0.1, -0.05) is 59.6 Å². The molecule has 1 unspecified atom stereocenters. The number of aryl methyl sites for hydroxylation is 1. The number of rotatable bonds is 11. The van der Waals surface area contributed by atoms with E-state index < -0.39 is 6.04 Å². The topological polar surface area (TPSA) is 77.1 Å². The van der Waals surface area contributed by atoms with E-state index in [1.165, 1.54) is 0 Å². The molecule has 7 nitrogen and oxygen atoms in total. The Morgan fingerprint density at radius 1 is 1.05 bits per heavy atom. The molecule has 0 spiro atoms. The second-order valence-electron chi connectivity index (χ2n) is 8.76. The molecule has 194 valence electrons. The molecule has 0 aromatic heterocycles. The van der Waals surface area contributed by atoms with E-state index in [0.29, 0.717) is 53.8 Å². The van der Waals surface area contributed by atoms with Crippen molar-refractivity contribution in [2.24, 2.45) is 0 Å². The van der Waals surface area contributed by atoms with E-state index in [2.05, 4.69) is 5.32 Å². The standard InChI is InChI=1S/C29H31ClN2O5/c1-3-35-16-6-15-31-28(33)27(22-12-9-20(2)10-13-22)32(29(34)23-7-4-5-8-24(23)30)18-21-11-14-25-26(17-21)37-19-36-25/h4-5,7-14,17,27H,3,6,15-16,18-19H2,1-2H3,(H,31,33). The van der Waals surface area contributed by atoms with E-state index in [1.807, 2.05) is 56.3 Å². The largest absolute Gasteiger partial charge is 0.454 e. The molecule has 1 atom stereocenters. The van der Waals surface area contributed by atoms with E-state index in [1.54, 1.807) is 29.2 Å². The highest BCUT2D eigenvalue weighted by Gasteiger charge is 2.33. The number of nitrogens with one attached hydrogen (secondary N) is 1. The number of ether oxygens (including phenoxy) is 3. The lowest BCUT2D eigenvalue weighted by molar-refractivity contribution is -0.126. The summed E-state index contributed by atoms with van der Waals surface area (Å²) >= 11 is 6.43. The van der Waals surface area contributed by atoms with E-state index in [-0.39, 0.29) is 25.2 Å². The Bertz CT molecular complexity index is 1230. The third-order valence-corrected chi connectivity index (χ3v) is 6.41. The average Bonchev–Trinajstić information content (AvgIpc) is 3.37. The first-order valence-corrected chi connectivity index (χ1v) is 12.7. The predicted molar refractivity (Wildman–Crippen MR) is 142 cm³/mol. The van der Waals surface area contributed by atoms with Crippen LogP contribution in [0.5, 0.6) is 11.5 Å². The molecule has 0 radical (unpaired) electrons. The third kappa shape index (κ3) is 6.61. The summed E-state index contributed by atoms with van der Waals surface area (Å²) in [5.74, 6) is 0.629. The van der Waals surface area contributed by atoms with Gasteiger partial charge in [0.2, 0.25) is 12.7 Å². The van der Waals surface area contributed by atoms with Gasteiger partial charge in [0.1, 0.15) is 6.04 Å².